The minimum atomic E-state index is 0.163. The molecule has 2 aromatic rings. The zero-order chi connectivity index (χ0) is 10.8. The SMILES string of the molecule is CC(c1ccccc1)c1ncn(N)c1N. The van der Waals surface area contributed by atoms with Gasteiger partial charge in [0.05, 0.1) is 5.69 Å². The molecule has 0 aliphatic heterocycles. The van der Waals surface area contributed by atoms with Crippen LogP contribution in [-0.2, 0) is 0 Å². The van der Waals surface area contributed by atoms with Gasteiger partial charge in [-0.2, -0.15) is 0 Å². The second kappa shape index (κ2) is 3.65. The molecule has 1 atom stereocenters. The predicted molar refractivity (Wildman–Crippen MR) is 60.7 cm³/mol. The first-order valence-electron chi connectivity index (χ1n) is 4.83. The fourth-order valence-electron chi connectivity index (χ4n) is 1.62. The molecular formula is C11H14N4. The Kier molecular flexibility index (Phi) is 2.33. The van der Waals surface area contributed by atoms with E-state index in [9.17, 15) is 0 Å². The van der Waals surface area contributed by atoms with Crippen molar-refractivity contribution in [3.63, 3.8) is 0 Å². The maximum Gasteiger partial charge on any atom is 0.146 e. The number of hydrogen-bond acceptors (Lipinski definition) is 3. The molecule has 0 saturated carbocycles. The number of benzene rings is 1. The molecule has 1 unspecified atom stereocenters. The van der Waals surface area contributed by atoms with Gasteiger partial charge in [0.2, 0.25) is 0 Å². The van der Waals surface area contributed by atoms with Crippen LogP contribution in [0.15, 0.2) is 36.7 Å². The third-order valence-corrected chi connectivity index (χ3v) is 2.57. The highest BCUT2D eigenvalue weighted by Gasteiger charge is 2.15. The summed E-state index contributed by atoms with van der Waals surface area (Å²) in [6.45, 7) is 2.06. The van der Waals surface area contributed by atoms with Crippen LogP contribution >= 0.6 is 0 Å². The van der Waals surface area contributed by atoms with Gasteiger partial charge in [0.25, 0.3) is 0 Å². The summed E-state index contributed by atoms with van der Waals surface area (Å²) in [5, 5.41) is 0. The Labute approximate surface area is 88.5 Å². The van der Waals surface area contributed by atoms with Crippen LogP contribution in [-0.4, -0.2) is 9.66 Å². The van der Waals surface area contributed by atoms with Gasteiger partial charge < -0.3 is 11.6 Å². The summed E-state index contributed by atoms with van der Waals surface area (Å²) >= 11 is 0. The average molecular weight is 202 g/mol. The minimum absolute atomic E-state index is 0.163. The van der Waals surface area contributed by atoms with E-state index in [4.69, 9.17) is 11.6 Å². The highest BCUT2D eigenvalue weighted by atomic mass is 15.3. The quantitative estimate of drug-likeness (QED) is 0.722. The van der Waals surface area contributed by atoms with Crippen molar-refractivity contribution < 1.29 is 0 Å². The van der Waals surface area contributed by atoms with Gasteiger partial charge in [0, 0.05) is 5.92 Å². The molecule has 0 fully saturated rings. The standard InChI is InChI=1S/C11H14N4/c1-8(9-5-3-2-4-6-9)10-11(12)15(13)7-14-10/h2-8H,12-13H2,1H3. The molecule has 0 amide bonds. The Hall–Kier alpha value is -1.97. The lowest BCUT2D eigenvalue weighted by molar-refractivity contribution is 0.886. The summed E-state index contributed by atoms with van der Waals surface area (Å²) < 4.78 is 1.34. The number of hydrogen-bond donors (Lipinski definition) is 2. The predicted octanol–water partition coefficient (Wildman–Crippen LogP) is 1.33. The van der Waals surface area contributed by atoms with E-state index in [1.807, 2.05) is 18.2 Å². The third-order valence-electron chi connectivity index (χ3n) is 2.57. The monoisotopic (exact) mass is 202 g/mol. The van der Waals surface area contributed by atoms with Gasteiger partial charge in [-0.1, -0.05) is 37.3 Å². The largest absolute Gasteiger partial charge is 0.382 e. The molecule has 4 heteroatoms. The number of nitrogen functional groups attached to an aromatic ring is 2. The number of nitrogens with zero attached hydrogens (tertiary/aromatic N) is 2. The normalized spacial score (nSPS) is 12.6. The molecule has 0 radical (unpaired) electrons. The molecule has 4 N–H and O–H groups in total. The summed E-state index contributed by atoms with van der Waals surface area (Å²) in [5.74, 6) is 6.27. The van der Waals surface area contributed by atoms with Gasteiger partial charge in [-0.05, 0) is 5.56 Å². The number of rotatable bonds is 2. The molecule has 1 aromatic heterocycles. The van der Waals surface area contributed by atoms with Crippen molar-refractivity contribution >= 4 is 5.82 Å². The number of imidazole rings is 1. The van der Waals surface area contributed by atoms with Gasteiger partial charge in [-0.15, -0.1) is 0 Å². The van der Waals surface area contributed by atoms with Crippen molar-refractivity contribution in [3.8, 4) is 0 Å². The maximum absolute atomic E-state index is 5.82. The van der Waals surface area contributed by atoms with Gasteiger partial charge in [0.1, 0.15) is 12.1 Å². The van der Waals surface area contributed by atoms with Crippen molar-refractivity contribution in [2.24, 2.45) is 0 Å². The van der Waals surface area contributed by atoms with Crippen molar-refractivity contribution in [1.82, 2.24) is 9.66 Å². The van der Waals surface area contributed by atoms with Gasteiger partial charge >= 0.3 is 0 Å². The topological polar surface area (TPSA) is 69.9 Å². The van der Waals surface area contributed by atoms with Crippen LogP contribution in [0, 0.1) is 0 Å². The van der Waals surface area contributed by atoms with Crippen molar-refractivity contribution in [2.45, 2.75) is 12.8 Å². The van der Waals surface area contributed by atoms with Crippen LogP contribution < -0.4 is 11.6 Å². The summed E-state index contributed by atoms with van der Waals surface area (Å²) in [6.07, 6.45) is 1.53. The van der Waals surface area contributed by atoms with Crippen LogP contribution in [0.1, 0.15) is 24.1 Å². The minimum Gasteiger partial charge on any atom is -0.382 e. The lowest BCUT2D eigenvalue weighted by Gasteiger charge is -2.10. The molecule has 0 aliphatic rings. The smallest absolute Gasteiger partial charge is 0.146 e. The number of aromatic nitrogens is 2. The molecule has 15 heavy (non-hydrogen) atoms. The van der Waals surface area contributed by atoms with E-state index in [-0.39, 0.29) is 5.92 Å². The summed E-state index contributed by atoms with van der Waals surface area (Å²) in [6, 6.07) is 10.1. The van der Waals surface area contributed by atoms with E-state index < -0.39 is 0 Å². The van der Waals surface area contributed by atoms with Crippen LogP contribution in [0.4, 0.5) is 5.82 Å². The summed E-state index contributed by atoms with van der Waals surface area (Å²) in [5.41, 5.74) is 7.82. The zero-order valence-electron chi connectivity index (χ0n) is 8.59. The van der Waals surface area contributed by atoms with Crippen molar-refractivity contribution in [2.75, 3.05) is 11.6 Å². The van der Waals surface area contributed by atoms with Gasteiger partial charge in [-0.3, -0.25) is 0 Å². The lowest BCUT2D eigenvalue weighted by atomic mass is 9.98. The molecule has 1 heterocycles. The first kappa shape index (κ1) is 9.58. The number of anilines is 1. The van der Waals surface area contributed by atoms with Crippen LogP contribution in [0.2, 0.25) is 0 Å². The highest BCUT2D eigenvalue weighted by Crippen LogP contribution is 2.25. The van der Waals surface area contributed by atoms with E-state index in [0.717, 1.165) is 5.69 Å². The van der Waals surface area contributed by atoms with Gasteiger partial charge in [0.15, 0.2) is 0 Å². The molecule has 4 nitrogen and oxygen atoms in total. The molecule has 0 bridgehead atoms. The first-order valence-corrected chi connectivity index (χ1v) is 4.83. The molecule has 0 spiro atoms. The summed E-state index contributed by atoms with van der Waals surface area (Å²) in [7, 11) is 0. The van der Waals surface area contributed by atoms with Crippen LogP contribution in [0.5, 0.6) is 0 Å². The highest BCUT2D eigenvalue weighted by molar-refractivity contribution is 5.42. The van der Waals surface area contributed by atoms with E-state index in [1.165, 1.54) is 16.6 Å². The lowest BCUT2D eigenvalue weighted by Crippen LogP contribution is -2.11. The fourth-order valence-corrected chi connectivity index (χ4v) is 1.62. The Morgan fingerprint density at radius 2 is 1.93 bits per heavy atom. The Morgan fingerprint density at radius 1 is 1.27 bits per heavy atom. The molecule has 1 aromatic carbocycles. The summed E-state index contributed by atoms with van der Waals surface area (Å²) in [4.78, 5) is 4.20. The van der Waals surface area contributed by atoms with E-state index in [2.05, 4.69) is 24.0 Å². The molecule has 0 saturated heterocycles. The Morgan fingerprint density at radius 3 is 2.47 bits per heavy atom. The van der Waals surface area contributed by atoms with Gasteiger partial charge in [-0.25, -0.2) is 9.66 Å². The van der Waals surface area contributed by atoms with Crippen LogP contribution in [0.25, 0.3) is 0 Å². The molecule has 0 aliphatic carbocycles. The molecule has 2 rings (SSSR count). The first-order chi connectivity index (χ1) is 7.20. The number of nitrogens with two attached hydrogens (primary N) is 2. The second-order valence-electron chi connectivity index (χ2n) is 3.55. The van der Waals surface area contributed by atoms with E-state index >= 15 is 0 Å². The van der Waals surface area contributed by atoms with Crippen molar-refractivity contribution in [1.29, 1.82) is 0 Å². The average Bonchev–Trinajstić information content (AvgIpc) is 2.60. The molecular weight excluding hydrogens is 188 g/mol. The van der Waals surface area contributed by atoms with E-state index in [1.54, 1.807) is 0 Å². The Balaban J connectivity index is 2.37. The Bertz CT molecular complexity index is 447. The second-order valence-corrected chi connectivity index (χ2v) is 3.55. The van der Waals surface area contributed by atoms with Crippen LogP contribution in [0.3, 0.4) is 0 Å². The third kappa shape index (κ3) is 1.66. The maximum atomic E-state index is 5.82. The zero-order valence-corrected chi connectivity index (χ0v) is 8.59. The van der Waals surface area contributed by atoms with E-state index in [0.29, 0.717) is 5.82 Å². The molecule has 78 valence electrons. The fraction of sp³-hybridized carbons (Fsp3) is 0.182. The van der Waals surface area contributed by atoms with Crippen molar-refractivity contribution in [3.05, 3.63) is 47.9 Å².